The van der Waals surface area contributed by atoms with Gasteiger partial charge in [-0.15, -0.1) is 0 Å². The minimum atomic E-state index is 0.119. The Hall–Kier alpha value is -1.55. The fraction of sp³-hybridized carbons (Fsp3) is 0.462. The molecule has 0 aromatic heterocycles. The van der Waals surface area contributed by atoms with E-state index in [-0.39, 0.29) is 5.91 Å². The lowest BCUT2D eigenvalue weighted by molar-refractivity contribution is -0.115. The van der Waals surface area contributed by atoms with Gasteiger partial charge in [0.1, 0.15) is 0 Å². The number of hydrogen-bond acceptors (Lipinski definition) is 3. The van der Waals surface area contributed by atoms with Gasteiger partial charge in [0.05, 0.1) is 17.9 Å². The van der Waals surface area contributed by atoms with Crippen molar-refractivity contribution in [1.82, 2.24) is 5.32 Å². The van der Waals surface area contributed by atoms with Gasteiger partial charge in [0.15, 0.2) is 0 Å². The summed E-state index contributed by atoms with van der Waals surface area (Å²) < 4.78 is 0. The predicted octanol–water partition coefficient (Wildman–Crippen LogP) is 0.904. The quantitative estimate of drug-likeness (QED) is 0.695. The number of amides is 1. The van der Waals surface area contributed by atoms with Crippen molar-refractivity contribution >= 4 is 17.3 Å². The molecule has 0 spiro atoms. The molecule has 1 aromatic rings. The molecular formula is C13H15N3O. The number of piperidine rings is 1. The Kier molecular flexibility index (Phi) is 1.80. The first-order valence-electron chi connectivity index (χ1n) is 6.25. The number of carbonyl (C=O) groups excluding carboxylic acids is 1. The van der Waals surface area contributed by atoms with Gasteiger partial charge in [-0.3, -0.25) is 4.79 Å². The predicted molar refractivity (Wildman–Crippen MR) is 66.4 cm³/mol. The Morgan fingerprint density at radius 2 is 2.29 bits per heavy atom. The highest BCUT2D eigenvalue weighted by Gasteiger charge is 2.43. The summed E-state index contributed by atoms with van der Waals surface area (Å²) in [6, 6.07) is 6.78. The molecule has 17 heavy (non-hydrogen) atoms. The average Bonchev–Trinajstić information content (AvgIpc) is 2.67. The maximum atomic E-state index is 11.7. The van der Waals surface area contributed by atoms with Crippen LogP contribution < -0.4 is 15.5 Å². The van der Waals surface area contributed by atoms with Crippen LogP contribution in [0.5, 0.6) is 0 Å². The number of para-hydroxylation sites is 1. The van der Waals surface area contributed by atoms with Crippen molar-refractivity contribution < 1.29 is 4.79 Å². The number of anilines is 2. The van der Waals surface area contributed by atoms with E-state index in [4.69, 9.17) is 0 Å². The van der Waals surface area contributed by atoms with Crippen molar-refractivity contribution in [2.75, 3.05) is 29.9 Å². The number of rotatable bonds is 0. The van der Waals surface area contributed by atoms with Crippen molar-refractivity contribution in [2.24, 2.45) is 0 Å². The number of hydrogen-bond donors (Lipinski definition) is 2. The van der Waals surface area contributed by atoms with Crippen LogP contribution in [0.15, 0.2) is 18.2 Å². The van der Waals surface area contributed by atoms with Crippen molar-refractivity contribution in [2.45, 2.75) is 18.4 Å². The molecular weight excluding hydrogens is 214 g/mol. The van der Waals surface area contributed by atoms with Gasteiger partial charge in [-0.1, -0.05) is 12.1 Å². The molecule has 3 aliphatic heterocycles. The highest BCUT2D eigenvalue weighted by Crippen LogP contribution is 2.48. The molecule has 1 fully saturated rings. The van der Waals surface area contributed by atoms with E-state index in [9.17, 15) is 4.79 Å². The first-order valence-corrected chi connectivity index (χ1v) is 6.25. The largest absolute Gasteiger partial charge is 0.357 e. The molecule has 3 heterocycles. The number of fused-ring (bicyclic) bond motifs is 3. The Morgan fingerprint density at radius 3 is 3.24 bits per heavy atom. The molecule has 1 amide bonds. The van der Waals surface area contributed by atoms with Crippen molar-refractivity contribution in [1.29, 1.82) is 0 Å². The molecule has 2 N–H and O–H groups in total. The zero-order valence-corrected chi connectivity index (χ0v) is 9.57. The van der Waals surface area contributed by atoms with Gasteiger partial charge in [0, 0.05) is 18.5 Å². The molecule has 1 saturated heterocycles. The monoisotopic (exact) mass is 229 g/mol. The van der Waals surface area contributed by atoms with Crippen LogP contribution in [0.3, 0.4) is 0 Å². The highest BCUT2D eigenvalue weighted by atomic mass is 16.2. The smallest absolute Gasteiger partial charge is 0.243 e. The van der Waals surface area contributed by atoms with Crippen LogP contribution in [0.4, 0.5) is 11.4 Å². The number of benzene rings is 1. The Balaban J connectivity index is 1.90. The number of carbonyl (C=O) groups is 1. The van der Waals surface area contributed by atoms with Crippen LogP contribution >= 0.6 is 0 Å². The van der Waals surface area contributed by atoms with Gasteiger partial charge in [-0.05, 0) is 24.6 Å². The molecule has 0 bridgehead atoms. The molecule has 3 aliphatic rings. The second kappa shape index (κ2) is 3.23. The maximum Gasteiger partial charge on any atom is 0.243 e. The van der Waals surface area contributed by atoms with Crippen molar-refractivity contribution in [3.8, 4) is 0 Å². The Labute approximate surface area is 100.0 Å². The summed E-state index contributed by atoms with van der Waals surface area (Å²) in [5.41, 5.74) is 3.67. The molecule has 0 radical (unpaired) electrons. The topological polar surface area (TPSA) is 44.4 Å². The van der Waals surface area contributed by atoms with E-state index < -0.39 is 0 Å². The van der Waals surface area contributed by atoms with E-state index in [1.165, 1.54) is 11.3 Å². The first kappa shape index (κ1) is 9.48. The van der Waals surface area contributed by atoms with E-state index in [1.807, 2.05) is 6.07 Å². The summed E-state index contributed by atoms with van der Waals surface area (Å²) in [6.07, 6.45) is 1.13. The summed E-state index contributed by atoms with van der Waals surface area (Å²) in [7, 11) is 0. The van der Waals surface area contributed by atoms with E-state index in [0.29, 0.717) is 18.5 Å². The van der Waals surface area contributed by atoms with Crippen molar-refractivity contribution in [3.63, 3.8) is 0 Å². The fourth-order valence-corrected chi connectivity index (χ4v) is 3.52. The van der Waals surface area contributed by atoms with Crippen LogP contribution in [0, 0.1) is 0 Å². The standard InChI is InChI=1S/C13H15N3O/c17-12-7-16-11-4-5-14-6-9(11)8-2-1-3-10(15-12)13(8)16/h1-3,9,11,14H,4-7H2,(H,15,17). The minimum Gasteiger partial charge on any atom is -0.357 e. The van der Waals surface area contributed by atoms with E-state index in [2.05, 4.69) is 27.7 Å². The van der Waals surface area contributed by atoms with Crippen LogP contribution in [0.1, 0.15) is 17.9 Å². The minimum absolute atomic E-state index is 0.119. The lowest BCUT2D eigenvalue weighted by Crippen LogP contribution is -2.48. The SMILES string of the molecule is O=C1CN2c3c(cccc3C3CNCCC32)N1. The molecule has 88 valence electrons. The summed E-state index contributed by atoms with van der Waals surface area (Å²) >= 11 is 0. The number of nitrogens with one attached hydrogen (secondary N) is 2. The third-order valence-electron chi connectivity index (χ3n) is 4.19. The molecule has 0 saturated carbocycles. The van der Waals surface area contributed by atoms with E-state index in [0.717, 1.165) is 25.2 Å². The van der Waals surface area contributed by atoms with E-state index in [1.54, 1.807) is 0 Å². The van der Waals surface area contributed by atoms with Crippen molar-refractivity contribution in [3.05, 3.63) is 23.8 Å². The fourth-order valence-electron chi connectivity index (χ4n) is 3.52. The zero-order chi connectivity index (χ0) is 11.4. The summed E-state index contributed by atoms with van der Waals surface area (Å²) in [5, 5.41) is 6.44. The van der Waals surface area contributed by atoms with Crippen LogP contribution in [0.25, 0.3) is 0 Å². The third-order valence-corrected chi connectivity index (χ3v) is 4.19. The Morgan fingerprint density at radius 1 is 1.35 bits per heavy atom. The first-order chi connectivity index (χ1) is 8.34. The van der Waals surface area contributed by atoms with Gasteiger partial charge < -0.3 is 15.5 Å². The molecule has 0 aliphatic carbocycles. The second-order valence-corrected chi connectivity index (χ2v) is 5.09. The molecule has 1 aromatic carbocycles. The summed E-state index contributed by atoms with van der Waals surface area (Å²) in [4.78, 5) is 14.0. The normalized spacial score (nSPS) is 29.6. The molecule has 2 unspecified atom stereocenters. The molecule has 2 atom stereocenters. The lowest BCUT2D eigenvalue weighted by atomic mass is 9.90. The summed E-state index contributed by atoms with van der Waals surface area (Å²) in [5.74, 6) is 0.667. The zero-order valence-electron chi connectivity index (χ0n) is 9.57. The van der Waals surface area contributed by atoms with E-state index >= 15 is 0 Å². The van der Waals surface area contributed by atoms with Gasteiger partial charge in [-0.25, -0.2) is 0 Å². The van der Waals surface area contributed by atoms with Crippen LogP contribution in [-0.2, 0) is 4.79 Å². The van der Waals surface area contributed by atoms with Gasteiger partial charge in [0.25, 0.3) is 0 Å². The Bertz CT molecular complexity index is 499. The number of nitrogens with zero attached hydrogens (tertiary/aromatic N) is 1. The summed E-state index contributed by atoms with van der Waals surface area (Å²) in [6.45, 7) is 2.61. The second-order valence-electron chi connectivity index (χ2n) is 5.09. The third kappa shape index (κ3) is 1.19. The highest BCUT2D eigenvalue weighted by molar-refractivity contribution is 6.03. The molecule has 4 heteroatoms. The van der Waals surface area contributed by atoms with Gasteiger partial charge in [0.2, 0.25) is 5.91 Å². The van der Waals surface area contributed by atoms with Gasteiger partial charge in [-0.2, -0.15) is 0 Å². The lowest BCUT2D eigenvalue weighted by Gasteiger charge is -2.35. The molecule has 4 nitrogen and oxygen atoms in total. The van der Waals surface area contributed by atoms with Crippen LogP contribution in [0.2, 0.25) is 0 Å². The average molecular weight is 229 g/mol. The van der Waals surface area contributed by atoms with Crippen LogP contribution in [-0.4, -0.2) is 31.6 Å². The molecule has 4 rings (SSSR count). The maximum absolute atomic E-state index is 11.7. The van der Waals surface area contributed by atoms with Gasteiger partial charge >= 0.3 is 0 Å².